The summed E-state index contributed by atoms with van der Waals surface area (Å²) >= 11 is 0. The summed E-state index contributed by atoms with van der Waals surface area (Å²) in [6.45, 7) is 5.85. The van der Waals surface area contributed by atoms with E-state index in [9.17, 15) is 14.4 Å². The average Bonchev–Trinajstić information content (AvgIpc) is 2.83. The average molecular weight is 448 g/mol. The number of urea groups is 1. The van der Waals surface area contributed by atoms with Crippen LogP contribution < -0.4 is 20.7 Å². The van der Waals surface area contributed by atoms with E-state index in [0.29, 0.717) is 57.4 Å². The number of para-hydroxylation sites is 2. The summed E-state index contributed by atoms with van der Waals surface area (Å²) in [6.07, 6.45) is 1.52. The van der Waals surface area contributed by atoms with Crippen molar-refractivity contribution in [2.24, 2.45) is 5.92 Å². The number of hydrogen-bond donors (Lipinski definition) is 3. The van der Waals surface area contributed by atoms with Gasteiger partial charge in [-0.3, -0.25) is 14.5 Å². The lowest BCUT2D eigenvalue weighted by Gasteiger charge is -2.32. The predicted molar refractivity (Wildman–Crippen MR) is 120 cm³/mol. The van der Waals surface area contributed by atoms with Crippen molar-refractivity contribution >= 4 is 23.5 Å². The van der Waals surface area contributed by atoms with Crippen molar-refractivity contribution in [1.82, 2.24) is 20.4 Å². The number of methoxy groups -OCH3 is 1. The first-order chi connectivity index (χ1) is 15.6. The Kier molecular flexibility index (Phi) is 9.12. The van der Waals surface area contributed by atoms with Crippen LogP contribution in [0.3, 0.4) is 0 Å². The summed E-state index contributed by atoms with van der Waals surface area (Å²) in [7, 11) is 1.56. The van der Waals surface area contributed by atoms with Gasteiger partial charge in [0.25, 0.3) is 0 Å². The Hall–Kier alpha value is -2.85. The first-order valence-corrected chi connectivity index (χ1v) is 11.1. The second-order valence-corrected chi connectivity index (χ2v) is 7.98. The molecule has 0 unspecified atom stereocenters. The number of nitrogens with one attached hydrogen (secondary N) is 3. The van der Waals surface area contributed by atoms with E-state index in [2.05, 4.69) is 20.9 Å². The van der Waals surface area contributed by atoms with Crippen molar-refractivity contribution in [2.75, 3.05) is 71.5 Å². The highest BCUT2D eigenvalue weighted by Gasteiger charge is 2.24. The monoisotopic (exact) mass is 447 g/mol. The van der Waals surface area contributed by atoms with Crippen LogP contribution in [0, 0.1) is 5.92 Å². The van der Waals surface area contributed by atoms with Crippen molar-refractivity contribution < 1.29 is 23.9 Å². The lowest BCUT2D eigenvalue weighted by Crippen LogP contribution is -2.47. The van der Waals surface area contributed by atoms with E-state index in [1.165, 1.54) is 0 Å². The number of morpholine rings is 1. The van der Waals surface area contributed by atoms with Crippen molar-refractivity contribution in [3.8, 4) is 5.75 Å². The molecular formula is C22H33N5O5. The van der Waals surface area contributed by atoms with Crippen LogP contribution >= 0.6 is 0 Å². The molecule has 0 atom stereocenters. The van der Waals surface area contributed by atoms with E-state index in [0.717, 1.165) is 25.9 Å². The van der Waals surface area contributed by atoms with E-state index in [1.807, 2.05) is 12.1 Å². The van der Waals surface area contributed by atoms with Crippen molar-refractivity contribution in [3.05, 3.63) is 24.3 Å². The third kappa shape index (κ3) is 7.10. The lowest BCUT2D eigenvalue weighted by molar-refractivity contribution is -0.139. The molecule has 10 heteroatoms. The summed E-state index contributed by atoms with van der Waals surface area (Å²) in [6, 6.07) is 7.11. The van der Waals surface area contributed by atoms with Gasteiger partial charge in [-0.1, -0.05) is 12.1 Å². The molecule has 0 saturated carbocycles. The Balaban J connectivity index is 1.31. The number of hydrogen-bond acceptors (Lipinski definition) is 6. The van der Waals surface area contributed by atoms with Crippen LogP contribution in [0.1, 0.15) is 12.8 Å². The number of nitrogens with zero attached hydrogens (tertiary/aromatic N) is 2. The van der Waals surface area contributed by atoms with E-state index in [-0.39, 0.29) is 11.9 Å². The molecule has 4 amide bonds. The zero-order valence-electron chi connectivity index (χ0n) is 18.6. The molecule has 2 heterocycles. The van der Waals surface area contributed by atoms with Crippen molar-refractivity contribution in [2.45, 2.75) is 12.8 Å². The molecule has 0 radical (unpaired) electrons. The molecule has 2 fully saturated rings. The standard InChI is InChI=1S/C22H33N5O5/c1-31-19-5-3-2-4-18(19)25-22(30)27-9-6-17(7-10-27)16-24-21(29)20(28)23-8-11-26-12-14-32-15-13-26/h2-5,17H,6-16H2,1H3,(H,23,28)(H,24,29)(H,25,30). The Bertz CT molecular complexity index is 776. The molecule has 0 aliphatic carbocycles. The van der Waals surface area contributed by atoms with Gasteiger partial charge in [-0.05, 0) is 30.9 Å². The molecule has 0 aromatic heterocycles. The Morgan fingerprint density at radius 2 is 1.72 bits per heavy atom. The fourth-order valence-corrected chi connectivity index (χ4v) is 3.83. The summed E-state index contributed by atoms with van der Waals surface area (Å²) in [4.78, 5) is 40.5. The van der Waals surface area contributed by atoms with Gasteiger partial charge in [0, 0.05) is 45.8 Å². The van der Waals surface area contributed by atoms with E-state index >= 15 is 0 Å². The molecule has 176 valence electrons. The molecule has 0 spiro atoms. The zero-order chi connectivity index (χ0) is 22.8. The van der Waals surface area contributed by atoms with Gasteiger partial charge in [-0.2, -0.15) is 0 Å². The fourth-order valence-electron chi connectivity index (χ4n) is 3.83. The van der Waals surface area contributed by atoms with Gasteiger partial charge in [0.1, 0.15) is 5.75 Å². The second kappa shape index (κ2) is 12.3. The maximum absolute atomic E-state index is 12.5. The maximum Gasteiger partial charge on any atom is 0.321 e. The number of amides is 4. The van der Waals surface area contributed by atoms with E-state index in [1.54, 1.807) is 24.1 Å². The molecule has 10 nitrogen and oxygen atoms in total. The Labute approximate surface area is 188 Å². The summed E-state index contributed by atoms with van der Waals surface area (Å²) in [5.74, 6) is -0.368. The Morgan fingerprint density at radius 1 is 1.03 bits per heavy atom. The van der Waals surface area contributed by atoms with Crippen LogP contribution in [0.15, 0.2) is 24.3 Å². The first kappa shape index (κ1) is 23.8. The SMILES string of the molecule is COc1ccccc1NC(=O)N1CCC(CNC(=O)C(=O)NCCN2CCOCC2)CC1. The van der Waals surface area contributed by atoms with Gasteiger partial charge >= 0.3 is 17.8 Å². The van der Waals surface area contributed by atoms with Crippen LogP contribution in [-0.4, -0.2) is 93.8 Å². The van der Waals surface area contributed by atoms with Crippen LogP contribution in [0.5, 0.6) is 5.75 Å². The molecule has 1 aromatic carbocycles. The smallest absolute Gasteiger partial charge is 0.321 e. The van der Waals surface area contributed by atoms with Crippen LogP contribution in [0.4, 0.5) is 10.5 Å². The van der Waals surface area contributed by atoms with Crippen LogP contribution in [-0.2, 0) is 14.3 Å². The van der Waals surface area contributed by atoms with E-state index in [4.69, 9.17) is 9.47 Å². The Morgan fingerprint density at radius 3 is 2.44 bits per heavy atom. The maximum atomic E-state index is 12.5. The number of carbonyl (C=O) groups is 3. The number of rotatable bonds is 7. The predicted octanol–water partition coefficient (Wildman–Crippen LogP) is 0.504. The number of piperidine rings is 1. The van der Waals surface area contributed by atoms with Gasteiger partial charge in [-0.25, -0.2) is 4.79 Å². The highest BCUT2D eigenvalue weighted by Crippen LogP contribution is 2.24. The van der Waals surface area contributed by atoms with Gasteiger partial charge < -0.3 is 30.3 Å². The number of benzene rings is 1. The molecule has 32 heavy (non-hydrogen) atoms. The summed E-state index contributed by atoms with van der Waals surface area (Å²) < 4.78 is 10.6. The van der Waals surface area contributed by atoms with Gasteiger partial charge in [-0.15, -0.1) is 0 Å². The highest BCUT2D eigenvalue weighted by atomic mass is 16.5. The molecule has 2 aliphatic rings. The zero-order valence-corrected chi connectivity index (χ0v) is 18.6. The molecule has 3 rings (SSSR count). The van der Waals surface area contributed by atoms with Crippen LogP contribution in [0.25, 0.3) is 0 Å². The topological polar surface area (TPSA) is 112 Å². The minimum Gasteiger partial charge on any atom is -0.495 e. The quantitative estimate of drug-likeness (QED) is 0.525. The van der Waals surface area contributed by atoms with Crippen LogP contribution in [0.2, 0.25) is 0 Å². The minimum absolute atomic E-state index is 0.170. The largest absolute Gasteiger partial charge is 0.495 e. The molecule has 0 bridgehead atoms. The number of likely N-dealkylation sites (tertiary alicyclic amines) is 1. The lowest BCUT2D eigenvalue weighted by atomic mass is 9.97. The third-order valence-electron chi connectivity index (χ3n) is 5.83. The summed E-state index contributed by atoms with van der Waals surface area (Å²) in [5.41, 5.74) is 0.633. The fraction of sp³-hybridized carbons (Fsp3) is 0.591. The molecule has 3 N–H and O–H groups in total. The van der Waals surface area contributed by atoms with Gasteiger partial charge in [0.15, 0.2) is 0 Å². The van der Waals surface area contributed by atoms with Gasteiger partial charge in [0.05, 0.1) is 26.0 Å². The second-order valence-electron chi connectivity index (χ2n) is 7.98. The molecule has 1 aromatic rings. The third-order valence-corrected chi connectivity index (χ3v) is 5.83. The minimum atomic E-state index is -0.608. The molecule has 2 aliphatic heterocycles. The van der Waals surface area contributed by atoms with E-state index < -0.39 is 11.8 Å². The van der Waals surface area contributed by atoms with Crippen molar-refractivity contribution in [3.63, 3.8) is 0 Å². The first-order valence-electron chi connectivity index (χ1n) is 11.1. The number of anilines is 1. The molecular weight excluding hydrogens is 414 g/mol. The van der Waals surface area contributed by atoms with Gasteiger partial charge in [0.2, 0.25) is 0 Å². The van der Waals surface area contributed by atoms with Crippen molar-refractivity contribution in [1.29, 1.82) is 0 Å². The highest BCUT2D eigenvalue weighted by molar-refractivity contribution is 6.35. The molecule has 2 saturated heterocycles. The normalized spacial score (nSPS) is 17.5. The summed E-state index contributed by atoms with van der Waals surface area (Å²) in [5, 5.41) is 8.27. The number of ether oxygens (including phenoxy) is 2. The number of carbonyl (C=O) groups excluding carboxylic acids is 3.